The van der Waals surface area contributed by atoms with Crippen LogP contribution in [0.5, 0.6) is 0 Å². The fourth-order valence-corrected chi connectivity index (χ4v) is 1.74. The molecule has 0 bridgehead atoms. The normalized spacial score (nSPS) is 18.6. The zero-order valence-corrected chi connectivity index (χ0v) is 8.02. The van der Waals surface area contributed by atoms with Crippen LogP contribution in [0.4, 0.5) is 0 Å². The molecule has 2 nitrogen and oxygen atoms in total. The summed E-state index contributed by atoms with van der Waals surface area (Å²) < 4.78 is 0. The first-order valence-electron chi connectivity index (χ1n) is 5.06. The van der Waals surface area contributed by atoms with Gasteiger partial charge in [0.05, 0.1) is 0 Å². The van der Waals surface area contributed by atoms with Crippen LogP contribution < -0.4 is 0 Å². The molecule has 2 rings (SSSR count). The topological polar surface area (TPSA) is 37.3 Å². The summed E-state index contributed by atoms with van der Waals surface area (Å²) in [6.45, 7) is 0. The largest absolute Gasteiger partial charge is 0.385 e. The molecule has 0 radical (unpaired) electrons. The summed E-state index contributed by atoms with van der Waals surface area (Å²) in [6.07, 6.45) is 2.33. The lowest BCUT2D eigenvalue weighted by Gasteiger charge is -2.29. The van der Waals surface area contributed by atoms with Crippen LogP contribution in [0.25, 0.3) is 0 Å². The first-order chi connectivity index (χ1) is 6.79. The number of hydrogen-bond acceptors (Lipinski definition) is 2. The molecule has 14 heavy (non-hydrogen) atoms. The molecule has 1 aromatic carbocycles. The van der Waals surface area contributed by atoms with Crippen LogP contribution in [0, 0.1) is 5.92 Å². The molecule has 0 aromatic heterocycles. The Labute approximate surface area is 83.6 Å². The summed E-state index contributed by atoms with van der Waals surface area (Å²) in [4.78, 5) is 11.7. The first-order valence-corrected chi connectivity index (χ1v) is 5.06. The van der Waals surface area contributed by atoms with E-state index in [-0.39, 0.29) is 11.7 Å². The van der Waals surface area contributed by atoms with E-state index in [1.807, 2.05) is 18.2 Å². The van der Waals surface area contributed by atoms with Crippen molar-refractivity contribution < 1.29 is 9.90 Å². The number of aliphatic hydroxyl groups excluding tert-OH is 1. The summed E-state index contributed by atoms with van der Waals surface area (Å²) in [7, 11) is 0. The molecule has 2 heteroatoms. The highest BCUT2D eigenvalue weighted by molar-refractivity contribution is 5.99. The minimum absolute atomic E-state index is 0.129. The minimum Gasteiger partial charge on any atom is -0.385 e. The predicted molar refractivity (Wildman–Crippen MR) is 54.1 cm³/mol. The summed E-state index contributed by atoms with van der Waals surface area (Å²) in [5.74, 6) is 0.0676. The molecule has 1 atom stereocenters. The molecular weight excluding hydrogens is 176 g/mol. The maximum absolute atomic E-state index is 11.7. The molecule has 0 amide bonds. The lowest BCUT2D eigenvalue weighted by atomic mass is 9.79. The van der Waals surface area contributed by atoms with Crippen LogP contribution in [0.15, 0.2) is 30.3 Å². The number of hydrogen-bond donors (Lipinski definition) is 1. The van der Waals surface area contributed by atoms with Gasteiger partial charge in [-0.2, -0.15) is 0 Å². The Morgan fingerprint density at radius 3 is 2.43 bits per heavy atom. The number of rotatable bonds is 3. The number of aliphatic hydroxyl groups is 1. The van der Waals surface area contributed by atoms with E-state index in [1.165, 1.54) is 0 Å². The molecule has 0 aliphatic heterocycles. The van der Waals surface area contributed by atoms with E-state index in [2.05, 4.69) is 0 Å². The molecule has 0 heterocycles. The van der Waals surface area contributed by atoms with Crippen molar-refractivity contribution in [1.29, 1.82) is 0 Å². The van der Waals surface area contributed by atoms with E-state index in [0.29, 0.717) is 5.56 Å². The van der Waals surface area contributed by atoms with E-state index in [0.717, 1.165) is 19.3 Å². The monoisotopic (exact) mass is 190 g/mol. The molecule has 1 N–H and O–H groups in total. The van der Waals surface area contributed by atoms with E-state index in [9.17, 15) is 9.90 Å². The van der Waals surface area contributed by atoms with Crippen molar-refractivity contribution in [1.82, 2.24) is 0 Å². The van der Waals surface area contributed by atoms with Gasteiger partial charge in [-0.15, -0.1) is 0 Å². The van der Waals surface area contributed by atoms with Crippen LogP contribution in [0.3, 0.4) is 0 Å². The highest BCUT2D eigenvalue weighted by atomic mass is 16.3. The van der Waals surface area contributed by atoms with Crippen LogP contribution in [-0.4, -0.2) is 17.0 Å². The summed E-state index contributed by atoms with van der Waals surface area (Å²) in [5.41, 5.74) is 0.617. The molecular formula is C12H14O2. The SMILES string of the molecule is O=C(c1ccccc1)C(O)C1CCC1. The number of Topliss-reactive ketones (excluding diaryl/α,β-unsaturated/α-hetero) is 1. The minimum atomic E-state index is -0.786. The quantitative estimate of drug-likeness (QED) is 0.740. The van der Waals surface area contributed by atoms with Crippen LogP contribution >= 0.6 is 0 Å². The van der Waals surface area contributed by atoms with Crippen molar-refractivity contribution in [2.24, 2.45) is 5.92 Å². The molecule has 1 aliphatic carbocycles. The molecule has 1 aliphatic rings. The maximum atomic E-state index is 11.7. The van der Waals surface area contributed by atoms with Crippen molar-refractivity contribution in [2.45, 2.75) is 25.4 Å². The Hall–Kier alpha value is -1.15. The van der Waals surface area contributed by atoms with E-state index >= 15 is 0 Å². The second-order valence-corrected chi connectivity index (χ2v) is 3.87. The Morgan fingerprint density at radius 1 is 1.29 bits per heavy atom. The molecule has 1 saturated carbocycles. The highest BCUT2D eigenvalue weighted by Gasteiger charge is 2.30. The average Bonchev–Trinajstić information content (AvgIpc) is 2.15. The highest BCUT2D eigenvalue weighted by Crippen LogP contribution is 2.30. The molecule has 0 spiro atoms. The number of ketones is 1. The third-order valence-electron chi connectivity index (χ3n) is 2.92. The fraction of sp³-hybridized carbons (Fsp3) is 0.417. The van der Waals surface area contributed by atoms with Crippen LogP contribution in [0.1, 0.15) is 29.6 Å². The molecule has 74 valence electrons. The second kappa shape index (κ2) is 3.93. The molecule has 1 aromatic rings. The third kappa shape index (κ3) is 1.70. The van der Waals surface area contributed by atoms with Gasteiger partial charge in [-0.25, -0.2) is 0 Å². The maximum Gasteiger partial charge on any atom is 0.191 e. The van der Waals surface area contributed by atoms with E-state index < -0.39 is 6.10 Å². The van der Waals surface area contributed by atoms with Gasteiger partial charge in [0.1, 0.15) is 6.10 Å². The van der Waals surface area contributed by atoms with Gasteiger partial charge in [0.25, 0.3) is 0 Å². The molecule has 0 saturated heterocycles. The Balaban J connectivity index is 2.07. The lowest BCUT2D eigenvalue weighted by molar-refractivity contribution is 0.0445. The van der Waals surface area contributed by atoms with E-state index in [1.54, 1.807) is 12.1 Å². The zero-order chi connectivity index (χ0) is 9.97. The number of carbonyl (C=O) groups excluding carboxylic acids is 1. The lowest BCUT2D eigenvalue weighted by Crippen LogP contribution is -2.33. The van der Waals surface area contributed by atoms with Gasteiger partial charge in [-0.05, 0) is 18.8 Å². The Morgan fingerprint density at radius 2 is 1.93 bits per heavy atom. The first kappa shape index (κ1) is 9.41. The smallest absolute Gasteiger partial charge is 0.191 e. The Kier molecular flexibility index (Phi) is 2.64. The standard InChI is InChI=1S/C12H14O2/c13-11(9-5-2-1-3-6-9)12(14)10-7-4-8-10/h1-3,5-6,10,12,14H,4,7-8H2. The Bertz CT molecular complexity index is 314. The van der Waals surface area contributed by atoms with Gasteiger partial charge < -0.3 is 5.11 Å². The summed E-state index contributed by atoms with van der Waals surface area (Å²) in [6, 6.07) is 9.02. The van der Waals surface area contributed by atoms with Gasteiger partial charge in [-0.1, -0.05) is 36.8 Å². The van der Waals surface area contributed by atoms with Crippen molar-refractivity contribution in [3.8, 4) is 0 Å². The predicted octanol–water partition coefficient (Wildman–Crippen LogP) is 2.03. The van der Waals surface area contributed by atoms with Gasteiger partial charge in [0, 0.05) is 5.56 Å². The van der Waals surface area contributed by atoms with Gasteiger partial charge >= 0.3 is 0 Å². The molecule has 1 unspecified atom stereocenters. The van der Waals surface area contributed by atoms with E-state index in [4.69, 9.17) is 0 Å². The van der Waals surface area contributed by atoms with Gasteiger partial charge in [0.2, 0.25) is 0 Å². The summed E-state index contributed by atoms with van der Waals surface area (Å²) >= 11 is 0. The number of benzene rings is 1. The second-order valence-electron chi connectivity index (χ2n) is 3.87. The van der Waals surface area contributed by atoms with Crippen molar-refractivity contribution in [3.63, 3.8) is 0 Å². The van der Waals surface area contributed by atoms with Gasteiger partial charge in [-0.3, -0.25) is 4.79 Å². The summed E-state index contributed by atoms with van der Waals surface area (Å²) in [5, 5.41) is 9.74. The average molecular weight is 190 g/mol. The van der Waals surface area contributed by atoms with Crippen molar-refractivity contribution in [3.05, 3.63) is 35.9 Å². The van der Waals surface area contributed by atoms with Crippen LogP contribution in [0.2, 0.25) is 0 Å². The van der Waals surface area contributed by atoms with Crippen molar-refractivity contribution >= 4 is 5.78 Å². The zero-order valence-electron chi connectivity index (χ0n) is 8.02. The van der Waals surface area contributed by atoms with Gasteiger partial charge in [0.15, 0.2) is 5.78 Å². The number of carbonyl (C=O) groups is 1. The third-order valence-corrected chi connectivity index (χ3v) is 2.92. The fourth-order valence-electron chi connectivity index (χ4n) is 1.74. The molecule has 1 fully saturated rings. The van der Waals surface area contributed by atoms with Crippen molar-refractivity contribution in [2.75, 3.05) is 0 Å². The van der Waals surface area contributed by atoms with Crippen LogP contribution in [-0.2, 0) is 0 Å².